The normalized spacial score (nSPS) is 11.3. The molecule has 0 atom stereocenters. The van der Waals surface area contributed by atoms with Crippen molar-refractivity contribution in [1.29, 1.82) is 0 Å². The standard InChI is InChI=1S/C23H23N3O2/c1-14(2)17-10-9-15(3)21(12-17)27-13-22-25-23(26-28-22)19-11-16(4)24-20-8-6-5-7-18(19)20/h5-12,14H,13H2,1-4H3. The van der Waals surface area contributed by atoms with Crippen molar-refractivity contribution >= 4 is 10.9 Å². The molecule has 0 amide bonds. The zero-order chi connectivity index (χ0) is 19.7. The summed E-state index contributed by atoms with van der Waals surface area (Å²) in [6.45, 7) is 8.56. The van der Waals surface area contributed by atoms with Gasteiger partial charge in [-0.15, -0.1) is 0 Å². The Balaban J connectivity index is 1.59. The highest BCUT2D eigenvalue weighted by Gasteiger charge is 2.14. The van der Waals surface area contributed by atoms with Gasteiger partial charge in [-0.1, -0.05) is 49.3 Å². The van der Waals surface area contributed by atoms with E-state index in [0.717, 1.165) is 33.5 Å². The number of hydrogen-bond acceptors (Lipinski definition) is 5. The Labute approximate surface area is 164 Å². The third kappa shape index (κ3) is 3.60. The molecule has 4 rings (SSSR count). The molecule has 0 N–H and O–H groups in total. The molecule has 0 aliphatic heterocycles. The lowest BCUT2D eigenvalue weighted by Gasteiger charge is -2.11. The highest BCUT2D eigenvalue weighted by molar-refractivity contribution is 5.92. The maximum Gasteiger partial charge on any atom is 0.264 e. The van der Waals surface area contributed by atoms with Gasteiger partial charge >= 0.3 is 0 Å². The molecule has 0 saturated carbocycles. The number of fused-ring (bicyclic) bond motifs is 1. The number of pyridine rings is 1. The number of rotatable bonds is 5. The maximum absolute atomic E-state index is 5.97. The van der Waals surface area contributed by atoms with Crippen LogP contribution in [0.1, 0.15) is 42.5 Å². The van der Waals surface area contributed by atoms with Gasteiger partial charge in [0.05, 0.1) is 5.52 Å². The van der Waals surface area contributed by atoms with E-state index < -0.39 is 0 Å². The third-order valence-electron chi connectivity index (χ3n) is 4.78. The Bertz CT molecular complexity index is 1130. The van der Waals surface area contributed by atoms with Crippen LogP contribution >= 0.6 is 0 Å². The summed E-state index contributed by atoms with van der Waals surface area (Å²) in [7, 11) is 0. The average Bonchev–Trinajstić information content (AvgIpc) is 3.15. The van der Waals surface area contributed by atoms with Gasteiger partial charge in [0, 0.05) is 16.6 Å². The lowest BCUT2D eigenvalue weighted by Crippen LogP contribution is -1.99. The van der Waals surface area contributed by atoms with Crippen molar-refractivity contribution in [3.63, 3.8) is 0 Å². The highest BCUT2D eigenvalue weighted by atomic mass is 16.5. The number of aryl methyl sites for hydroxylation is 2. The summed E-state index contributed by atoms with van der Waals surface area (Å²) >= 11 is 0. The number of para-hydroxylation sites is 1. The van der Waals surface area contributed by atoms with E-state index in [2.05, 4.69) is 47.2 Å². The van der Waals surface area contributed by atoms with Crippen LogP contribution in [-0.2, 0) is 6.61 Å². The van der Waals surface area contributed by atoms with E-state index in [4.69, 9.17) is 9.26 Å². The Morgan fingerprint density at radius 1 is 1.00 bits per heavy atom. The second kappa shape index (κ2) is 7.43. The van der Waals surface area contributed by atoms with Gasteiger partial charge in [-0.3, -0.25) is 4.98 Å². The lowest BCUT2D eigenvalue weighted by molar-refractivity contribution is 0.241. The van der Waals surface area contributed by atoms with Gasteiger partial charge in [-0.25, -0.2) is 0 Å². The zero-order valence-corrected chi connectivity index (χ0v) is 16.6. The van der Waals surface area contributed by atoms with Crippen LogP contribution in [-0.4, -0.2) is 15.1 Å². The first-order valence-corrected chi connectivity index (χ1v) is 9.44. The van der Waals surface area contributed by atoms with Crippen LogP contribution in [0.25, 0.3) is 22.3 Å². The summed E-state index contributed by atoms with van der Waals surface area (Å²) in [5, 5.41) is 5.17. The molecule has 142 valence electrons. The second-order valence-corrected chi connectivity index (χ2v) is 7.31. The Kier molecular flexibility index (Phi) is 4.82. The molecule has 2 heterocycles. The van der Waals surface area contributed by atoms with Crippen LogP contribution in [0.15, 0.2) is 53.1 Å². The molecule has 4 aromatic rings. The van der Waals surface area contributed by atoms with Crippen molar-refractivity contribution in [3.05, 3.63) is 71.2 Å². The van der Waals surface area contributed by atoms with Crippen molar-refractivity contribution in [2.24, 2.45) is 0 Å². The van der Waals surface area contributed by atoms with E-state index in [-0.39, 0.29) is 6.61 Å². The first-order valence-electron chi connectivity index (χ1n) is 9.44. The molecular formula is C23H23N3O2. The summed E-state index contributed by atoms with van der Waals surface area (Å²) in [4.78, 5) is 9.11. The predicted molar refractivity (Wildman–Crippen MR) is 109 cm³/mol. The highest BCUT2D eigenvalue weighted by Crippen LogP contribution is 2.28. The summed E-state index contributed by atoms with van der Waals surface area (Å²) in [5.41, 5.74) is 5.07. The molecule has 28 heavy (non-hydrogen) atoms. The fourth-order valence-electron chi connectivity index (χ4n) is 3.19. The fourth-order valence-corrected chi connectivity index (χ4v) is 3.19. The lowest BCUT2D eigenvalue weighted by atomic mass is 10.0. The van der Waals surface area contributed by atoms with Crippen molar-refractivity contribution in [1.82, 2.24) is 15.1 Å². The minimum atomic E-state index is 0.234. The fraction of sp³-hybridized carbons (Fsp3) is 0.261. The molecule has 0 radical (unpaired) electrons. The van der Waals surface area contributed by atoms with Gasteiger partial charge in [-0.05, 0) is 49.1 Å². The number of benzene rings is 2. The van der Waals surface area contributed by atoms with E-state index in [0.29, 0.717) is 17.6 Å². The molecule has 0 aliphatic carbocycles. The van der Waals surface area contributed by atoms with E-state index in [9.17, 15) is 0 Å². The summed E-state index contributed by atoms with van der Waals surface area (Å²) < 4.78 is 11.4. The van der Waals surface area contributed by atoms with Gasteiger partial charge in [0.1, 0.15) is 5.75 Å². The smallest absolute Gasteiger partial charge is 0.264 e. The van der Waals surface area contributed by atoms with Crippen LogP contribution in [0.5, 0.6) is 5.75 Å². The predicted octanol–water partition coefficient (Wildman–Crippen LogP) is 5.60. The van der Waals surface area contributed by atoms with Crippen molar-refractivity contribution in [2.75, 3.05) is 0 Å². The Morgan fingerprint density at radius 2 is 1.82 bits per heavy atom. The van der Waals surface area contributed by atoms with Gasteiger partial charge in [-0.2, -0.15) is 4.98 Å². The molecule has 2 aromatic heterocycles. The quantitative estimate of drug-likeness (QED) is 0.455. The topological polar surface area (TPSA) is 61.0 Å². The number of ether oxygens (including phenoxy) is 1. The summed E-state index contributed by atoms with van der Waals surface area (Å²) in [5.74, 6) is 2.29. The summed E-state index contributed by atoms with van der Waals surface area (Å²) in [6.07, 6.45) is 0. The molecule has 0 spiro atoms. The minimum Gasteiger partial charge on any atom is -0.483 e. The molecule has 5 heteroatoms. The second-order valence-electron chi connectivity index (χ2n) is 7.31. The SMILES string of the molecule is Cc1cc(-c2noc(COc3cc(C(C)C)ccc3C)n2)c2ccccc2n1. The molecular weight excluding hydrogens is 350 g/mol. The molecule has 5 nitrogen and oxygen atoms in total. The first kappa shape index (κ1) is 18.2. The molecule has 0 saturated heterocycles. The van der Waals surface area contributed by atoms with Crippen LogP contribution < -0.4 is 4.74 Å². The van der Waals surface area contributed by atoms with Gasteiger partial charge in [0.15, 0.2) is 6.61 Å². The molecule has 0 fully saturated rings. The van der Waals surface area contributed by atoms with E-state index >= 15 is 0 Å². The van der Waals surface area contributed by atoms with Crippen molar-refractivity contribution in [2.45, 2.75) is 40.2 Å². The van der Waals surface area contributed by atoms with Crippen LogP contribution in [0, 0.1) is 13.8 Å². The van der Waals surface area contributed by atoms with Crippen molar-refractivity contribution < 1.29 is 9.26 Å². The number of nitrogens with zero attached hydrogens (tertiary/aromatic N) is 3. The van der Waals surface area contributed by atoms with E-state index in [1.165, 1.54) is 5.56 Å². The zero-order valence-electron chi connectivity index (χ0n) is 16.6. The van der Waals surface area contributed by atoms with Gasteiger partial charge in [0.25, 0.3) is 5.89 Å². The Morgan fingerprint density at radius 3 is 2.64 bits per heavy atom. The first-order chi connectivity index (χ1) is 13.5. The van der Waals surface area contributed by atoms with Gasteiger partial charge < -0.3 is 9.26 Å². The number of aromatic nitrogens is 3. The van der Waals surface area contributed by atoms with Crippen LogP contribution in [0.3, 0.4) is 0 Å². The van der Waals surface area contributed by atoms with Gasteiger partial charge in [0.2, 0.25) is 5.82 Å². The molecule has 0 bridgehead atoms. The summed E-state index contributed by atoms with van der Waals surface area (Å²) in [6, 6.07) is 16.2. The average molecular weight is 373 g/mol. The molecule has 2 aromatic carbocycles. The van der Waals surface area contributed by atoms with E-state index in [1.807, 2.05) is 44.2 Å². The Hall–Kier alpha value is -3.21. The number of hydrogen-bond donors (Lipinski definition) is 0. The van der Waals surface area contributed by atoms with Crippen LogP contribution in [0.4, 0.5) is 0 Å². The maximum atomic E-state index is 5.97. The van der Waals surface area contributed by atoms with E-state index in [1.54, 1.807) is 0 Å². The minimum absolute atomic E-state index is 0.234. The monoisotopic (exact) mass is 373 g/mol. The molecule has 0 aliphatic rings. The molecule has 0 unspecified atom stereocenters. The third-order valence-corrected chi connectivity index (χ3v) is 4.78. The van der Waals surface area contributed by atoms with Crippen molar-refractivity contribution in [3.8, 4) is 17.1 Å². The van der Waals surface area contributed by atoms with Crippen LogP contribution in [0.2, 0.25) is 0 Å². The largest absolute Gasteiger partial charge is 0.483 e.